The van der Waals surface area contributed by atoms with E-state index in [0.29, 0.717) is 64.3 Å². The van der Waals surface area contributed by atoms with E-state index in [2.05, 4.69) is 91.4 Å². The number of aliphatic imine (C=N–C) groups is 4. The highest BCUT2D eigenvalue weighted by Gasteiger charge is 2.32. The van der Waals surface area contributed by atoms with E-state index in [1.54, 1.807) is 0 Å². The molecule has 0 unspecified atom stereocenters. The molecule has 8 nitrogen and oxygen atoms in total. The van der Waals surface area contributed by atoms with Gasteiger partial charge in [-0.1, -0.05) is 48.9 Å². The molecule has 0 fully saturated rings. The summed E-state index contributed by atoms with van der Waals surface area (Å²) in [5.74, 6) is 2.90. The van der Waals surface area contributed by atoms with Crippen molar-refractivity contribution >= 4 is 154 Å². The van der Waals surface area contributed by atoms with Gasteiger partial charge in [0.2, 0.25) is 0 Å². The van der Waals surface area contributed by atoms with Crippen molar-refractivity contribution in [3.8, 4) is 0 Å². The fourth-order valence-corrected chi connectivity index (χ4v) is 4.50. The van der Waals surface area contributed by atoms with Crippen LogP contribution in [0.15, 0.2) is 51.2 Å². The van der Waals surface area contributed by atoms with Gasteiger partial charge in [0.25, 0.3) is 0 Å². The Kier molecular flexibility index (Phi) is 5.68. The van der Waals surface area contributed by atoms with Gasteiger partial charge in [0.05, 0.1) is 29.3 Å². The second-order valence-electron chi connectivity index (χ2n) is 6.45. The fourth-order valence-electron chi connectivity index (χ4n) is 2.88. The summed E-state index contributed by atoms with van der Waals surface area (Å²) < 4.78 is 0. The lowest BCUT2D eigenvalue weighted by molar-refractivity contribution is 1.10. The fraction of sp³-hybridized carbons (Fsp3) is 0. The lowest BCUT2D eigenvalue weighted by Crippen LogP contribution is -2.26. The molecule has 5 heterocycles. The Morgan fingerprint density at radius 1 is 0.594 bits per heavy atom. The van der Waals surface area contributed by atoms with Crippen molar-refractivity contribution in [3.63, 3.8) is 0 Å². The smallest absolute Gasteiger partial charge is 0.176 e. The van der Waals surface area contributed by atoms with Gasteiger partial charge in [-0.25, -0.2) is 20.0 Å². The number of thiol groups is 4. The van der Waals surface area contributed by atoms with E-state index in [1.807, 2.05) is 0 Å². The molecule has 4 aliphatic rings. The van der Waals surface area contributed by atoms with Gasteiger partial charge in [-0.3, -0.25) is 0 Å². The van der Waals surface area contributed by atoms with Gasteiger partial charge in [0.1, 0.15) is 33.0 Å². The zero-order valence-corrected chi connectivity index (χ0v) is 22.1. The standard InChI is InChI=1S/C16H8N8S8/c25-1-2(26)10-17-9(1)21-11-3(27)4(28)13(18-11)23-15-7(31)8(32)16(20-15)24-14-6(30)5(29)12(19-14)22-10/h17,25-26H,(H,27,28)(H,29,30)(H3,18,19,20,21,22,23,24). The number of fused-ring (bicyclic) bond motifs is 7. The normalized spacial score (nSPS) is 20.1. The lowest BCUT2D eigenvalue weighted by Gasteiger charge is -2.08. The van der Waals surface area contributed by atoms with E-state index in [1.165, 1.54) is 0 Å². The molecule has 0 radical (unpaired) electrons. The SMILES string of the molecule is S=C1C(=S)C2=NC3=C(S)C(=S)C(=Nc4[nH]c(c(S)c4S)NC4=C(S)C(=S)C(=NC1=N2)N4)N3. The minimum absolute atomic E-state index is 0.213. The lowest BCUT2D eigenvalue weighted by atomic mass is 10.3. The van der Waals surface area contributed by atoms with E-state index in [9.17, 15) is 0 Å². The molecule has 0 atom stereocenters. The van der Waals surface area contributed by atoms with Crippen LogP contribution < -0.4 is 16.0 Å². The first kappa shape index (κ1) is 22.4. The first-order valence-electron chi connectivity index (χ1n) is 8.50. The number of anilines is 1. The Morgan fingerprint density at radius 2 is 1.22 bits per heavy atom. The Bertz CT molecular complexity index is 1400. The van der Waals surface area contributed by atoms with E-state index in [0.717, 1.165) is 0 Å². The molecule has 160 valence electrons. The van der Waals surface area contributed by atoms with Crippen LogP contribution in [0.3, 0.4) is 0 Å². The number of aromatic nitrogens is 1. The minimum atomic E-state index is 0.213. The van der Waals surface area contributed by atoms with Gasteiger partial charge < -0.3 is 20.9 Å². The number of hydrogen-bond acceptors (Lipinski definition) is 15. The van der Waals surface area contributed by atoms with Gasteiger partial charge in [-0.2, -0.15) is 0 Å². The van der Waals surface area contributed by atoms with Crippen molar-refractivity contribution in [2.75, 3.05) is 5.32 Å². The Hall–Kier alpha value is -1.40. The number of nitrogens with zero attached hydrogens (tertiary/aromatic N) is 4. The molecule has 32 heavy (non-hydrogen) atoms. The molecule has 8 bridgehead atoms. The average Bonchev–Trinajstić information content (AvgIpc) is 3.37. The average molecular weight is 569 g/mol. The summed E-state index contributed by atoms with van der Waals surface area (Å²) in [6.45, 7) is 0. The monoisotopic (exact) mass is 568 g/mol. The number of nitrogens with one attached hydrogen (secondary N) is 4. The number of H-pyrrole nitrogens is 1. The van der Waals surface area contributed by atoms with Gasteiger partial charge in [-0.15, -0.1) is 50.5 Å². The molecule has 0 aromatic carbocycles. The second kappa shape index (κ2) is 8.12. The molecule has 0 saturated heterocycles. The molecule has 16 heteroatoms. The summed E-state index contributed by atoms with van der Waals surface area (Å²) in [5.41, 5.74) is 0. The molecule has 1 aromatic rings. The largest absolute Gasteiger partial charge is 0.326 e. The summed E-state index contributed by atoms with van der Waals surface area (Å²) >= 11 is 39.8. The minimum Gasteiger partial charge on any atom is -0.326 e. The molecule has 4 aliphatic heterocycles. The summed E-state index contributed by atoms with van der Waals surface area (Å²) in [7, 11) is 0. The van der Waals surface area contributed by atoms with Gasteiger partial charge >= 0.3 is 0 Å². The maximum absolute atomic E-state index is 5.47. The molecule has 0 amide bonds. The zero-order chi connectivity index (χ0) is 22.9. The van der Waals surface area contributed by atoms with Crippen molar-refractivity contribution in [2.45, 2.75) is 9.79 Å². The van der Waals surface area contributed by atoms with Crippen LogP contribution in [0.5, 0.6) is 0 Å². The molecule has 0 aliphatic carbocycles. The quantitative estimate of drug-likeness (QED) is 0.180. The van der Waals surface area contributed by atoms with Crippen LogP contribution >= 0.6 is 99.4 Å². The van der Waals surface area contributed by atoms with Crippen LogP contribution in [0.4, 0.5) is 11.6 Å². The van der Waals surface area contributed by atoms with Crippen LogP contribution in [0.2, 0.25) is 0 Å². The zero-order valence-electron chi connectivity index (χ0n) is 15.2. The van der Waals surface area contributed by atoms with E-state index in [4.69, 9.17) is 48.9 Å². The van der Waals surface area contributed by atoms with Crippen molar-refractivity contribution in [1.29, 1.82) is 0 Å². The summed E-state index contributed by atoms with van der Waals surface area (Å²) in [6.07, 6.45) is 0. The number of amidine groups is 4. The highest BCUT2D eigenvalue weighted by Crippen LogP contribution is 2.37. The number of hydrogen-bond donors (Lipinski definition) is 8. The van der Waals surface area contributed by atoms with Crippen LogP contribution in [0.25, 0.3) is 0 Å². The molecule has 0 spiro atoms. The Morgan fingerprint density at radius 3 is 1.94 bits per heavy atom. The maximum atomic E-state index is 5.47. The third-order valence-corrected chi connectivity index (χ3v) is 8.41. The molecular weight excluding hydrogens is 561 g/mol. The molecule has 0 saturated carbocycles. The molecular formula is C16H8N8S8. The van der Waals surface area contributed by atoms with E-state index >= 15 is 0 Å². The van der Waals surface area contributed by atoms with Crippen molar-refractivity contribution < 1.29 is 0 Å². The molecule has 1 aromatic heterocycles. The van der Waals surface area contributed by atoms with Crippen LogP contribution in [-0.2, 0) is 0 Å². The van der Waals surface area contributed by atoms with E-state index < -0.39 is 0 Å². The highest BCUT2D eigenvalue weighted by molar-refractivity contribution is 7.93. The Labute approximate surface area is 224 Å². The Balaban J connectivity index is 1.72. The summed E-state index contributed by atoms with van der Waals surface area (Å²) in [5, 5.41) is 9.29. The van der Waals surface area contributed by atoms with E-state index in [-0.39, 0.29) is 21.4 Å². The first-order valence-corrected chi connectivity index (χ1v) is 11.9. The predicted octanol–water partition coefficient (Wildman–Crippen LogP) is 3.14. The van der Waals surface area contributed by atoms with Crippen molar-refractivity contribution in [3.05, 3.63) is 21.5 Å². The number of aromatic amines is 1. The topological polar surface area (TPSA) is 101 Å². The third-order valence-electron chi connectivity index (χ3n) is 4.46. The highest BCUT2D eigenvalue weighted by atomic mass is 32.1. The first-order chi connectivity index (χ1) is 15.2. The summed E-state index contributed by atoms with van der Waals surface area (Å²) in [6, 6.07) is 0. The maximum Gasteiger partial charge on any atom is 0.176 e. The van der Waals surface area contributed by atoms with Gasteiger partial charge in [0.15, 0.2) is 23.3 Å². The van der Waals surface area contributed by atoms with Crippen LogP contribution in [0, 0.1) is 0 Å². The van der Waals surface area contributed by atoms with Crippen LogP contribution in [-0.4, -0.2) is 47.8 Å². The molecule has 4 N–H and O–H groups in total. The van der Waals surface area contributed by atoms with Crippen molar-refractivity contribution in [2.24, 2.45) is 20.0 Å². The summed E-state index contributed by atoms with van der Waals surface area (Å²) in [4.78, 5) is 24.2. The third kappa shape index (κ3) is 3.53. The van der Waals surface area contributed by atoms with Crippen molar-refractivity contribution in [1.82, 2.24) is 15.6 Å². The molecule has 5 rings (SSSR count). The number of rotatable bonds is 0. The number of thiocarbonyl (C=S) groups is 4. The second-order valence-corrected chi connectivity index (χ2v) is 9.87. The predicted molar refractivity (Wildman–Crippen MR) is 157 cm³/mol. The van der Waals surface area contributed by atoms with Gasteiger partial charge in [0, 0.05) is 0 Å². The van der Waals surface area contributed by atoms with Gasteiger partial charge in [-0.05, 0) is 0 Å². The van der Waals surface area contributed by atoms with Crippen LogP contribution in [0.1, 0.15) is 0 Å².